The van der Waals surface area contributed by atoms with Crippen LogP contribution in [0.4, 0.5) is 4.39 Å². The van der Waals surface area contributed by atoms with Gasteiger partial charge in [0, 0.05) is 6.07 Å². The molecule has 1 saturated carbocycles. The van der Waals surface area contributed by atoms with Crippen LogP contribution in [0.2, 0.25) is 0 Å². The summed E-state index contributed by atoms with van der Waals surface area (Å²) in [5.41, 5.74) is -1.69. The van der Waals surface area contributed by atoms with Crippen molar-refractivity contribution in [3.8, 4) is 0 Å². The van der Waals surface area contributed by atoms with E-state index in [4.69, 9.17) is 5.11 Å². The largest absolute Gasteiger partial charge is 0.476 e. The Morgan fingerprint density at radius 3 is 2.83 bits per heavy atom. The molecular weight excluding hydrogens is 165 g/mol. The van der Waals surface area contributed by atoms with Crippen LogP contribution < -0.4 is 0 Å². The summed E-state index contributed by atoms with van der Waals surface area (Å²) in [5, 5.41) is 11.6. The van der Waals surface area contributed by atoms with Crippen LogP contribution in [0.5, 0.6) is 0 Å². The summed E-state index contributed by atoms with van der Waals surface area (Å²) in [6.45, 7) is 0. The highest BCUT2D eigenvalue weighted by molar-refractivity contribution is 5.85. The fourth-order valence-corrected chi connectivity index (χ4v) is 0.943. The van der Waals surface area contributed by atoms with Crippen LogP contribution in [0.1, 0.15) is 29.1 Å². The molecule has 0 saturated heterocycles. The van der Waals surface area contributed by atoms with Crippen LogP contribution in [-0.4, -0.2) is 16.2 Å². The van der Waals surface area contributed by atoms with Gasteiger partial charge in [0.25, 0.3) is 0 Å². The number of aromatic carboxylic acids is 1. The van der Waals surface area contributed by atoms with Gasteiger partial charge in [0.05, 0.1) is 0 Å². The Hall–Kier alpha value is -1.39. The van der Waals surface area contributed by atoms with Crippen LogP contribution in [0.25, 0.3) is 0 Å². The number of carboxylic acid groups (broad SMARTS) is 1. The topological polar surface area (TPSA) is 63.3 Å². The third-order valence-corrected chi connectivity index (χ3v) is 1.86. The molecule has 0 aliphatic heterocycles. The molecular formula is C7H6FNO3. The summed E-state index contributed by atoms with van der Waals surface area (Å²) in [7, 11) is 0. The quantitative estimate of drug-likeness (QED) is 0.729. The highest BCUT2D eigenvalue weighted by Gasteiger charge is 2.49. The van der Waals surface area contributed by atoms with Crippen molar-refractivity contribution in [1.29, 1.82) is 0 Å². The zero-order valence-corrected chi connectivity index (χ0v) is 6.08. The van der Waals surface area contributed by atoms with E-state index in [9.17, 15) is 9.18 Å². The second-order valence-electron chi connectivity index (χ2n) is 2.85. The van der Waals surface area contributed by atoms with E-state index >= 15 is 0 Å². The van der Waals surface area contributed by atoms with Gasteiger partial charge >= 0.3 is 5.97 Å². The van der Waals surface area contributed by atoms with E-state index in [1.54, 1.807) is 0 Å². The number of carbonyl (C=O) groups is 1. The molecule has 4 nitrogen and oxygen atoms in total. The molecule has 0 atom stereocenters. The first-order valence-corrected chi connectivity index (χ1v) is 3.51. The van der Waals surface area contributed by atoms with E-state index in [1.807, 2.05) is 0 Å². The SMILES string of the molecule is O=C(O)c1cc(C2(F)CC2)on1. The first-order chi connectivity index (χ1) is 5.62. The second-order valence-corrected chi connectivity index (χ2v) is 2.85. The molecule has 0 bridgehead atoms. The van der Waals surface area contributed by atoms with E-state index in [0.29, 0.717) is 12.8 Å². The van der Waals surface area contributed by atoms with Crippen molar-refractivity contribution in [3.05, 3.63) is 17.5 Å². The molecule has 1 aliphatic rings. The number of rotatable bonds is 2. The van der Waals surface area contributed by atoms with Crippen molar-refractivity contribution < 1.29 is 18.8 Å². The second kappa shape index (κ2) is 2.06. The molecule has 0 aromatic carbocycles. The van der Waals surface area contributed by atoms with E-state index < -0.39 is 11.6 Å². The van der Waals surface area contributed by atoms with E-state index in [0.717, 1.165) is 6.07 Å². The standard InChI is InChI=1S/C7H6FNO3/c8-7(1-2-7)5-3-4(6(10)11)9-12-5/h3H,1-2H2,(H,10,11). The van der Waals surface area contributed by atoms with Crippen molar-refractivity contribution in [3.63, 3.8) is 0 Å². The number of hydrogen-bond acceptors (Lipinski definition) is 3. The molecule has 0 radical (unpaired) electrons. The highest BCUT2D eigenvalue weighted by Crippen LogP contribution is 2.49. The van der Waals surface area contributed by atoms with Crippen LogP contribution >= 0.6 is 0 Å². The van der Waals surface area contributed by atoms with Gasteiger partial charge in [0.1, 0.15) is 0 Å². The lowest BCUT2D eigenvalue weighted by atomic mass is 10.2. The molecule has 1 aromatic rings. The number of aromatic nitrogens is 1. The van der Waals surface area contributed by atoms with Crippen LogP contribution in [0.3, 0.4) is 0 Å². The fourth-order valence-electron chi connectivity index (χ4n) is 0.943. The van der Waals surface area contributed by atoms with Crippen LogP contribution in [0.15, 0.2) is 10.6 Å². The van der Waals surface area contributed by atoms with Crippen molar-refractivity contribution in [2.75, 3.05) is 0 Å². The minimum Gasteiger partial charge on any atom is -0.476 e. The van der Waals surface area contributed by atoms with Gasteiger partial charge in [0.15, 0.2) is 17.1 Å². The Balaban J connectivity index is 2.30. The first kappa shape index (κ1) is 7.27. The third kappa shape index (κ3) is 0.975. The lowest BCUT2D eigenvalue weighted by molar-refractivity contribution is 0.0685. The first-order valence-electron chi connectivity index (χ1n) is 3.51. The Morgan fingerprint density at radius 2 is 2.42 bits per heavy atom. The van der Waals surface area contributed by atoms with Crippen LogP contribution in [-0.2, 0) is 5.67 Å². The molecule has 0 unspecified atom stereocenters. The van der Waals surface area contributed by atoms with Crippen LogP contribution in [0, 0.1) is 0 Å². The summed E-state index contributed by atoms with van der Waals surface area (Å²) in [6.07, 6.45) is 0.780. The molecule has 1 heterocycles. The Bertz CT molecular complexity index is 329. The summed E-state index contributed by atoms with van der Waals surface area (Å²) in [4.78, 5) is 10.3. The predicted octanol–water partition coefficient (Wildman–Crippen LogP) is 1.33. The van der Waals surface area contributed by atoms with Gasteiger partial charge < -0.3 is 9.63 Å². The molecule has 1 N–H and O–H groups in total. The normalized spacial score (nSPS) is 19.1. The molecule has 5 heteroatoms. The van der Waals surface area contributed by atoms with E-state index in [1.165, 1.54) is 0 Å². The number of alkyl halides is 1. The third-order valence-electron chi connectivity index (χ3n) is 1.86. The Kier molecular flexibility index (Phi) is 1.25. The maximum absolute atomic E-state index is 13.2. The number of carboxylic acids is 1. The Morgan fingerprint density at radius 1 is 1.75 bits per heavy atom. The van der Waals surface area contributed by atoms with Crippen molar-refractivity contribution >= 4 is 5.97 Å². The summed E-state index contributed by atoms with van der Waals surface area (Å²) >= 11 is 0. The maximum Gasteiger partial charge on any atom is 0.358 e. The summed E-state index contributed by atoms with van der Waals surface area (Å²) in [6, 6.07) is 1.13. The molecule has 1 aliphatic carbocycles. The molecule has 1 fully saturated rings. The van der Waals surface area contributed by atoms with Crippen molar-refractivity contribution in [2.24, 2.45) is 0 Å². The maximum atomic E-state index is 13.2. The average Bonchev–Trinajstić information content (AvgIpc) is 2.61. The number of hydrogen-bond donors (Lipinski definition) is 1. The highest BCUT2D eigenvalue weighted by atomic mass is 19.1. The lowest BCUT2D eigenvalue weighted by Gasteiger charge is -1.93. The summed E-state index contributed by atoms with van der Waals surface area (Å²) < 4.78 is 17.7. The Labute approximate surface area is 67.0 Å². The van der Waals surface area contributed by atoms with Crippen molar-refractivity contribution in [1.82, 2.24) is 5.16 Å². The van der Waals surface area contributed by atoms with E-state index in [2.05, 4.69) is 9.68 Å². The van der Waals surface area contributed by atoms with Gasteiger partial charge in [-0.1, -0.05) is 5.16 Å². The number of nitrogens with zero attached hydrogens (tertiary/aromatic N) is 1. The molecule has 1 aromatic heterocycles. The molecule has 0 amide bonds. The predicted molar refractivity (Wildman–Crippen MR) is 35.5 cm³/mol. The number of halogens is 1. The van der Waals surface area contributed by atoms with Crippen molar-refractivity contribution in [2.45, 2.75) is 18.5 Å². The summed E-state index contributed by atoms with van der Waals surface area (Å²) in [5.74, 6) is -1.17. The smallest absolute Gasteiger partial charge is 0.358 e. The van der Waals surface area contributed by atoms with Gasteiger partial charge in [-0.3, -0.25) is 0 Å². The van der Waals surface area contributed by atoms with Gasteiger partial charge in [-0.2, -0.15) is 0 Å². The zero-order chi connectivity index (χ0) is 8.77. The van der Waals surface area contributed by atoms with Gasteiger partial charge in [-0.15, -0.1) is 0 Å². The fraction of sp³-hybridized carbons (Fsp3) is 0.429. The zero-order valence-electron chi connectivity index (χ0n) is 6.08. The lowest BCUT2D eigenvalue weighted by Crippen LogP contribution is -1.96. The molecule has 12 heavy (non-hydrogen) atoms. The van der Waals surface area contributed by atoms with Gasteiger partial charge in [-0.05, 0) is 12.8 Å². The van der Waals surface area contributed by atoms with Gasteiger partial charge in [0.2, 0.25) is 0 Å². The monoisotopic (exact) mass is 171 g/mol. The average molecular weight is 171 g/mol. The minimum atomic E-state index is -1.44. The molecule has 2 rings (SSSR count). The molecule has 0 spiro atoms. The molecule has 64 valence electrons. The van der Waals surface area contributed by atoms with E-state index in [-0.39, 0.29) is 11.5 Å². The van der Waals surface area contributed by atoms with Gasteiger partial charge in [-0.25, -0.2) is 9.18 Å². The minimum absolute atomic E-state index is 0.0277.